The predicted molar refractivity (Wildman–Crippen MR) is 97.8 cm³/mol. The summed E-state index contributed by atoms with van der Waals surface area (Å²) >= 11 is 0. The molecule has 0 radical (unpaired) electrons. The Bertz CT molecular complexity index is 917. The average Bonchev–Trinajstić information content (AvgIpc) is 2.67. The molecule has 1 fully saturated rings. The summed E-state index contributed by atoms with van der Waals surface area (Å²) < 4.78 is 14.2. The Kier molecular flexibility index (Phi) is 4.36. The molecule has 134 valence electrons. The highest BCUT2D eigenvalue weighted by molar-refractivity contribution is 5.88. The molecule has 0 bridgehead atoms. The topological polar surface area (TPSA) is 75.0 Å². The van der Waals surface area contributed by atoms with Gasteiger partial charge in [-0.2, -0.15) is 0 Å². The van der Waals surface area contributed by atoms with Crippen LogP contribution in [0.15, 0.2) is 36.8 Å². The van der Waals surface area contributed by atoms with E-state index in [4.69, 9.17) is 0 Å². The monoisotopic (exact) mass is 353 g/mol. The zero-order chi connectivity index (χ0) is 18.1. The Labute approximate surface area is 150 Å². The van der Waals surface area contributed by atoms with Gasteiger partial charge in [-0.05, 0) is 36.4 Å². The third-order valence-electron chi connectivity index (χ3n) is 5.05. The molecule has 0 unspecified atom stereocenters. The minimum absolute atomic E-state index is 0.0736. The van der Waals surface area contributed by atoms with Gasteiger partial charge in [-0.25, -0.2) is 9.37 Å². The lowest BCUT2D eigenvalue weighted by molar-refractivity contribution is 0.213. The van der Waals surface area contributed by atoms with Gasteiger partial charge in [0.05, 0.1) is 17.8 Å². The van der Waals surface area contributed by atoms with Crippen molar-refractivity contribution in [3.05, 3.63) is 36.8 Å². The number of anilines is 1. The molecule has 0 spiro atoms. The van der Waals surface area contributed by atoms with Crippen LogP contribution in [0.2, 0.25) is 0 Å². The molecule has 2 atom stereocenters. The molecule has 1 saturated carbocycles. The SMILES string of the molecule is CN(c1cnc(-c2cc3ccncc3cc2O)nn1)[C@@H]1CCCC[C@H]1F. The van der Waals surface area contributed by atoms with Crippen LogP contribution >= 0.6 is 0 Å². The Morgan fingerprint density at radius 1 is 1.12 bits per heavy atom. The number of phenolic OH excluding ortho intramolecular Hbond substituents is 1. The van der Waals surface area contributed by atoms with Gasteiger partial charge in [0.25, 0.3) is 0 Å². The standard InChI is InChI=1S/C19H20FN5O/c1-25(16-5-3-2-4-15(16)20)18-11-22-19(24-23-18)14-8-12-6-7-21-10-13(12)9-17(14)26/h6-11,15-16,26H,2-5H2,1H3/t15-,16-/m1/s1. The van der Waals surface area contributed by atoms with Gasteiger partial charge < -0.3 is 10.0 Å². The summed E-state index contributed by atoms with van der Waals surface area (Å²) in [6.07, 6.45) is 7.47. The van der Waals surface area contributed by atoms with E-state index in [1.807, 2.05) is 24.1 Å². The van der Waals surface area contributed by atoms with E-state index in [0.717, 1.165) is 30.0 Å². The molecule has 2 heterocycles. The lowest BCUT2D eigenvalue weighted by Crippen LogP contribution is -2.42. The summed E-state index contributed by atoms with van der Waals surface area (Å²) in [6.45, 7) is 0. The molecule has 1 N–H and O–H groups in total. The lowest BCUT2D eigenvalue weighted by atomic mass is 9.93. The largest absolute Gasteiger partial charge is 0.507 e. The number of benzene rings is 1. The van der Waals surface area contributed by atoms with E-state index in [1.54, 1.807) is 24.7 Å². The van der Waals surface area contributed by atoms with Crippen molar-refractivity contribution in [2.24, 2.45) is 0 Å². The van der Waals surface area contributed by atoms with Gasteiger partial charge in [0.15, 0.2) is 11.6 Å². The summed E-state index contributed by atoms with van der Waals surface area (Å²) in [5.74, 6) is 0.941. The molecule has 7 heteroatoms. The predicted octanol–water partition coefficient (Wildman–Crippen LogP) is 3.51. The van der Waals surface area contributed by atoms with Crippen LogP contribution in [0.3, 0.4) is 0 Å². The van der Waals surface area contributed by atoms with Crippen LogP contribution < -0.4 is 4.90 Å². The van der Waals surface area contributed by atoms with Crippen molar-refractivity contribution in [1.82, 2.24) is 20.2 Å². The molecule has 1 aromatic carbocycles. The number of hydrogen-bond donors (Lipinski definition) is 1. The van der Waals surface area contributed by atoms with Crippen molar-refractivity contribution in [2.45, 2.75) is 37.9 Å². The summed E-state index contributed by atoms with van der Waals surface area (Å²) in [7, 11) is 1.83. The van der Waals surface area contributed by atoms with E-state index in [2.05, 4.69) is 20.2 Å². The number of hydrogen-bond acceptors (Lipinski definition) is 6. The van der Waals surface area contributed by atoms with E-state index in [1.165, 1.54) is 0 Å². The van der Waals surface area contributed by atoms with Crippen LogP contribution in [0.1, 0.15) is 25.7 Å². The van der Waals surface area contributed by atoms with E-state index in [-0.39, 0.29) is 11.8 Å². The first-order valence-corrected chi connectivity index (χ1v) is 8.77. The lowest BCUT2D eigenvalue weighted by Gasteiger charge is -2.34. The number of halogens is 1. The summed E-state index contributed by atoms with van der Waals surface area (Å²) in [5, 5.41) is 20.4. The molecular weight excluding hydrogens is 333 g/mol. The van der Waals surface area contributed by atoms with Crippen LogP contribution in [0.4, 0.5) is 10.2 Å². The normalized spacial score (nSPS) is 20.2. The highest BCUT2D eigenvalue weighted by Gasteiger charge is 2.29. The highest BCUT2D eigenvalue weighted by atomic mass is 19.1. The van der Waals surface area contributed by atoms with Crippen LogP contribution in [0, 0.1) is 0 Å². The van der Waals surface area contributed by atoms with Crippen LogP contribution in [0.5, 0.6) is 5.75 Å². The van der Waals surface area contributed by atoms with E-state index >= 15 is 0 Å². The number of rotatable bonds is 3. The first kappa shape index (κ1) is 16.6. The first-order valence-electron chi connectivity index (χ1n) is 8.77. The molecule has 1 aliphatic rings. The second-order valence-corrected chi connectivity index (χ2v) is 6.71. The summed E-state index contributed by atoms with van der Waals surface area (Å²) in [4.78, 5) is 10.2. The van der Waals surface area contributed by atoms with Gasteiger partial charge in [0.1, 0.15) is 11.9 Å². The van der Waals surface area contributed by atoms with E-state index in [9.17, 15) is 9.50 Å². The van der Waals surface area contributed by atoms with Gasteiger partial charge in [-0.1, -0.05) is 12.8 Å². The van der Waals surface area contributed by atoms with Crippen LogP contribution in [0.25, 0.3) is 22.2 Å². The zero-order valence-corrected chi connectivity index (χ0v) is 14.5. The third kappa shape index (κ3) is 3.05. The summed E-state index contributed by atoms with van der Waals surface area (Å²) in [5.41, 5.74) is 0.506. The molecule has 0 aliphatic heterocycles. The Morgan fingerprint density at radius 3 is 2.73 bits per heavy atom. The van der Waals surface area contributed by atoms with Crippen molar-refractivity contribution in [2.75, 3.05) is 11.9 Å². The smallest absolute Gasteiger partial charge is 0.185 e. The quantitative estimate of drug-likeness (QED) is 0.777. The third-order valence-corrected chi connectivity index (χ3v) is 5.05. The van der Waals surface area contributed by atoms with Gasteiger partial charge >= 0.3 is 0 Å². The second-order valence-electron chi connectivity index (χ2n) is 6.71. The van der Waals surface area contributed by atoms with E-state index < -0.39 is 6.17 Å². The molecule has 0 saturated heterocycles. The fraction of sp³-hybridized carbons (Fsp3) is 0.368. The number of phenols is 1. The molecule has 6 nitrogen and oxygen atoms in total. The zero-order valence-electron chi connectivity index (χ0n) is 14.5. The Balaban J connectivity index is 1.62. The fourth-order valence-corrected chi connectivity index (χ4v) is 3.53. The van der Waals surface area contributed by atoms with Gasteiger partial charge in [0.2, 0.25) is 0 Å². The van der Waals surface area contributed by atoms with Crippen molar-refractivity contribution >= 4 is 16.6 Å². The average molecular weight is 353 g/mol. The van der Waals surface area contributed by atoms with E-state index in [0.29, 0.717) is 23.6 Å². The minimum atomic E-state index is -0.853. The van der Waals surface area contributed by atoms with Gasteiger partial charge in [0, 0.05) is 24.8 Å². The fourth-order valence-electron chi connectivity index (χ4n) is 3.53. The minimum Gasteiger partial charge on any atom is -0.507 e. The van der Waals surface area contributed by atoms with Crippen LogP contribution in [-0.2, 0) is 0 Å². The molecular formula is C19H20FN5O. The maximum Gasteiger partial charge on any atom is 0.185 e. The Hall–Kier alpha value is -2.83. The summed E-state index contributed by atoms with van der Waals surface area (Å²) in [6, 6.07) is 5.12. The molecule has 2 aromatic heterocycles. The first-order chi connectivity index (χ1) is 12.6. The number of pyridine rings is 1. The van der Waals surface area contributed by atoms with Gasteiger partial charge in [-0.3, -0.25) is 4.98 Å². The van der Waals surface area contributed by atoms with Crippen molar-refractivity contribution in [3.63, 3.8) is 0 Å². The number of fused-ring (bicyclic) bond motifs is 1. The van der Waals surface area contributed by atoms with Crippen LogP contribution in [-0.4, -0.2) is 44.5 Å². The number of alkyl halides is 1. The molecule has 4 rings (SSSR count). The number of nitrogens with zero attached hydrogens (tertiary/aromatic N) is 5. The molecule has 0 amide bonds. The number of aromatic hydroxyl groups is 1. The molecule has 26 heavy (non-hydrogen) atoms. The molecule has 3 aromatic rings. The highest BCUT2D eigenvalue weighted by Crippen LogP contribution is 2.31. The maximum atomic E-state index is 14.2. The Morgan fingerprint density at radius 2 is 1.96 bits per heavy atom. The van der Waals surface area contributed by atoms with Crippen molar-refractivity contribution in [3.8, 4) is 17.1 Å². The van der Waals surface area contributed by atoms with Crippen molar-refractivity contribution < 1.29 is 9.50 Å². The van der Waals surface area contributed by atoms with Gasteiger partial charge in [-0.15, -0.1) is 10.2 Å². The maximum absolute atomic E-state index is 14.2. The second kappa shape index (κ2) is 6.82. The molecule has 1 aliphatic carbocycles. The number of aromatic nitrogens is 4. The van der Waals surface area contributed by atoms with Crippen molar-refractivity contribution in [1.29, 1.82) is 0 Å².